The lowest BCUT2D eigenvalue weighted by Gasteiger charge is -2.08. The molecular weight excluding hydrogens is 348 g/mol. The Hall–Kier alpha value is -3.68. The van der Waals surface area contributed by atoms with Gasteiger partial charge in [0.2, 0.25) is 17.7 Å². The van der Waals surface area contributed by atoms with Crippen LogP contribution in [0.2, 0.25) is 0 Å². The summed E-state index contributed by atoms with van der Waals surface area (Å²) in [4.78, 5) is 23.0. The molecule has 2 aromatic carbocycles. The van der Waals surface area contributed by atoms with Crippen LogP contribution in [0.5, 0.6) is 5.75 Å². The van der Waals surface area contributed by atoms with Crippen LogP contribution in [0.25, 0.3) is 11.5 Å². The SMILES string of the molecule is CCc1nnc(-c2ccc(OCC(=O)Nc3ccc(C(N)=O)cc3)cc2)o1. The maximum absolute atomic E-state index is 12.0. The van der Waals surface area contributed by atoms with Crippen molar-refractivity contribution >= 4 is 17.5 Å². The van der Waals surface area contributed by atoms with Gasteiger partial charge < -0.3 is 20.2 Å². The summed E-state index contributed by atoms with van der Waals surface area (Å²) >= 11 is 0. The predicted octanol–water partition coefficient (Wildman–Crippen LogP) is 2.42. The molecule has 0 fully saturated rings. The van der Waals surface area contributed by atoms with Gasteiger partial charge in [0.1, 0.15) is 5.75 Å². The number of nitrogens with zero attached hydrogens (tertiary/aromatic N) is 2. The van der Waals surface area contributed by atoms with Crippen molar-refractivity contribution in [3.05, 3.63) is 60.0 Å². The molecule has 0 aliphatic rings. The van der Waals surface area contributed by atoms with E-state index in [4.69, 9.17) is 14.9 Å². The van der Waals surface area contributed by atoms with Crippen molar-refractivity contribution in [1.29, 1.82) is 0 Å². The van der Waals surface area contributed by atoms with Gasteiger partial charge in [-0.1, -0.05) is 6.92 Å². The molecule has 8 nitrogen and oxygen atoms in total. The third kappa shape index (κ3) is 4.69. The lowest BCUT2D eigenvalue weighted by atomic mass is 10.2. The molecule has 3 aromatic rings. The molecule has 3 N–H and O–H groups in total. The highest BCUT2D eigenvalue weighted by atomic mass is 16.5. The number of nitrogens with two attached hydrogens (primary N) is 1. The first-order chi connectivity index (χ1) is 13.0. The molecular formula is C19H18N4O4. The third-order valence-corrected chi connectivity index (χ3v) is 3.69. The van der Waals surface area contributed by atoms with Crippen molar-refractivity contribution in [2.75, 3.05) is 11.9 Å². The monoisotopic (exact) mass is 366 g/mol. The largest absolute Gasteiger partial charge is 0.484 e. The Labute approximate surface area is 155 Å². The quantitative estimate of drug-likeness (QED) is 0.662. The number of ether oxygens (including phenoxy) is 1. The fourth-order valence-corrected chi connectivity index (χ4v) is 2.27. The number of rotatable bonds is 7. The van der Waals surface area contributed by atoms with E-state index in [-0.39, 0.29) is 12.5 Å². The highest BCUT2D eigenvalue weighted by Gasteiger charge is 2.08. The number of aromatic nitrogens is 2. The zero-order valence-corrected chi connectivity index (χ0v) is 14.6. The van der Waals surface area contributed by atoms with Gasteiger partial charge in [0.15, 0.2) is 6.61 Å². The fraction of sp³-hybridized carbons (Fsp3) is 0.158. The maximum atomic E-state index is 12.0. The Morgan fingerprint density at radius 2 is 1.78 bits per heavy atom. The van der Waals surface area contributed by atoms with Crippen LogP contribution in [-0.2, 0) is 11.2 Å². The van der Waals surface area contributed by atoms with Crippen LogP contribution in [0, 0.1) is 0 Å². The molecule has 3 rings (SSSR count). The summed E-state index contributed by atoms with van der Waals surface area (Å²) in [6.45, 7) is 1.78. The van der Waals surface area contributed by atoms with Crippen LogP contribution in [-0.4, -0.2) is 28.6 Å². The molecule has 0 spiro atoms. The first-order valence-electron chi connectivity index (χ1n) is 8.30. The summed E-state index contributed by atoms with van der Waals surface area (Å²) in [5.41, 5.74) is 6.87. The second-order valence-corrected chi connectivity index (χ2v) is 5.66. The lowest BCUT2D eigenvalue weighted by Crippen LogP contribution is -2.20. The average Bonchev–Trinajstić information content (AvgIpc) is 3.16. The molecule has 0 saturated carbocycles. The minimum absolute atomic E-state index is 0.155. The van der Waals surface area contributed by atoms with E-state index in [1.807, 2.05) is 6.92 Å². The minimum Gasteiger partial charge on any atom is -0.484 e. The van der Waals surface area contributed by atoms with E-state index in [9.17, 15) is 9.59 Å². The molecule has 1 aromatic heterocycles. The summed E-state index contributed by atoms with van der Waals surface area (Å²) in [5.74, 6) is 0.705. The fourth-order valence-electron chi connectivity index (χ4n) is 2.27. The van der Waals surface area contributed by atoms with E-state index in [2.05, 4.69) is 15.5 Å². The zero-order chi connectivity index (χ0) is 19.2. The van der Waals surface area contributed by atoms with Crippen LogP contribution in [0.1, 0.15) is 23.2 Å². The standard InChI is InChI=1S/C19H18N4O4/c1-2-17-22-23-19(27-17)13-5-9-15(10-6-13)26-11-16(24)21-14-7-3-12(4-8-14)18(20)25/h3-10H,2,11H2,1H3,(H2,20,25)(H,21,24). The van der Waals surface area contributed by atoms with Crippen molar-refractivity contribution in [2.45, 2.75) is 13.3 Å². The molecule has 1 heterocycles. The Morgan fingerprint density at radius 3 is 2.37 bits per heavy atom. The Kier molecular flexibility index (Phi) is 5.46. The number of hydrogen-bond acceptors (Lipinski definition) is 6. The highest BCUT2D eigenvalue weighted by molar-refractivity contribution is 5.95. The van der Waals surface area contributed by atoms with Crippen LogP contribution in [0.3, 0.4) is 0 Å². The maximum Gasteiger partial charge on any atom is 0.262 e. The van der Waals surface area contributed by atoms with E-state index < -0.39 is 5.91 Å². The Balaban J connectivity index is 1.53. The smallest absolute Gasteiger partial charge is 0.262 e. The summed E-state index contributed by atoms with van der Waals surface area (Å²) in [6.07, 6.45) is 0.675. The first-order valence-corrected chi connectivity index (χ1v) is 8.30. The summed E-state index contributed by atoms with van der Waals surface area (Å²) in [6, 6.07) is 13.3. The van der Waals surface area contributed by atoms with Gasteiger partial charge >= 0.3 is 0 Å². The van der Waals surface area contributed by atoms with Gasteiger partial charge in [0.05, 0.1) is 0 Å². The number of anilines is 1. The molecule has 0 radical (unpaired) electrons. The highest BCUT2D eigenvalue weighted by Crippen LogP contribution is 2.21. The minimum atomic E-state index is -0.522. The van der Waals surface area contributed by atoms with E-state index >= 15 is 0 Å². The summed E-state index contributed by atoms with van der Waals surface area (Å²) in [7, 11) is 0. The molecule has 0 atom stereocenters. The topological polar surface area (TPSA) is 120 Å². The second kappa shape index (κ2) is 8.13. The number of aryl methyl sites for hydroxylation is 1. The van der Waals surface area contributed by atoms with E-state index in [1.54, 1.807) is 48.5 Å². The normalized spacial score (nSPS) is 10.4. The average molecular weight is 366 g/mol. The summed E-state index contributed by atoms with van der Waals surface area (Å²) in [5, 5.41) is 10.6. The molecule has 0 bridgehead atoms. The molecule has 138 valence electrons. The van der Waals surface area contributed by atoms with Gasteiger partial charge in [-0.25, -0.2) is 0 Å². The molecule has 0 saturated heterocycles. The molecule has 0 aliphatic carbocycles. The first kappa shape index (κ1) is 18.1. The molecule has 27 heavy (non-hydrogen) atoms. The van der Waals surface area contributed by atoms with Crippen LogP contribution < -0.4 is 15.8 Å². The van der Waals surface area contributed by atoms with Crippen molar-refractivity contribution in [3.63, 3.8) is 0 Å². The van der Waals surface area contributed by atoms with Crippen LogP contribution in [0.4, 0.5) is 5.69 Å². The summed E-state index contributed by atoms with van der Waals surface area (Å²) < 4.78 is 11.0. The molecule has 0 aliphatic heterocycles. The number of benzene rings is 2. The van der Waals surface area contributed by atoms with Gasteiger partial charge in [-0.15, -0.1) is 10.2 Å². The Bertz CT molecular complexity index is 933. The number of carbonyl (C=O) groups excluding carboxylic acids is 2. The zero-order valence-electron chi connectivity index (χ0n) is 14.6. The van der Waals surface area contributed by atoms with Crippen molar-refractivity contribution in [2.24, 2.45) is 5.73 Å². The van der Waals surface area contributed by atoms with E-state index in [0.29, 0.717) is 35.2 Å². The Morgan fingerprint density at radius 1 is 1.07 bits per heavy atom. The van der Waals surface area contributed by atoms with Crippen molar-refractivity contribution < 1.29 is 18.7 Å². The second-order valence-electron chi connectivity index (χ2n) is 5.66. The molecule has 8 heteroatoms. The number of amides is 2. The van der Waals surface area contributed by atoms with Crippen molar-refractivity contribution in [3.8, 4) is 17.2 Å². The number of primary amides is 1. The number of carbonyl (C=O) groups is 2. The van der Waals surface area contributed by atoms with E-state index in [1.165, 1.54) is 0 Å². The van der Waals surface area contributed by atoms with Crippen LogP contribution >= 0.6 is 0 Å². The van der Waals surface area contributed by atoms with E-state index in [0.717, 1.165) is 5.56 Å². The third-order valence-electron chi connectivity index (χ3n) is 3.69. The number of nitrogens with one attached hydrogen (secondary N) is 1. The van der Waals surface area contributed by atoms with Gasteiger partial charge in [-0.2, -0.15) is 0 Å². The van der Waals surface area contributed by atoms with Crippen LogP contribution in [0.15, 0.2) is 52.9 Å². The molecule has 0 unspecified atom stereocenters. The molecule has 2 amide bonds. The van der Waals surface area contributed by atoms with Gasteiger partial charge in [0.25, 0.3) is 5.91 Å². The van der Waals surface area contributed by atoms with Crippen molar-refractivity contribution in [1.82, 2.24) is 10.2 Å². The van der Waals surface area contributed by atoms with Gasteiger partial charge in [0, 0.05) is 23.2 Å². The lowest BCUT2D eigenvalue weighted by molar-refractivity contribution is -0.118. The predicted molar refractivity (Wildman–Crippen MR) is 98.2 cm³/mol. The van der Waals surface area contributed by atoms with Gasteiger partial charge in [-0.05, 0) is 48.5 Å². The van der Waals surface area contributed by atoms with Gasteiger partial charge in [-0.3, -0.25) is 9.59 Å². The number of hydrogen-bond donors (Lipinski definition) is 2.